The van der Waals surface area contributed by atoms with Crippen LogP contribution in [0.15, 0.2) is 180 Å². The summed E-state index contributed by atoms with van der Waals surface area (Å²) in [5.74, 6) is 0.682. The summed E-state index contributed by atoms with van der Waals surface area (Å²) in [5, 5.41) is 5.79. The second-order valence-electron chi connectivity index (χ2n) is 13.5. The lowest BCUT2D eigenvalue weighted by Crippen LogP contribution is -1.96. The first-order valence-corrected chi connectivity index (χ1v) is 18.8. The van der Waals surface area contributed by atoms with E-state index in [9.17, 15) is 0 Å². The average molecular weight is 708 g/mol. The Morgan fingerprint density at radius 1 is 0.407 bits per heavy atom. The van der Waals surface area contributed by atoms with Gasteiger partial charge in [-0.25, -0.2) is 15.0 Å². The van der Waals surface area contributed by atoms with Crippen LogP contribution in [-0.2, 0) is 0 Å². The maximum absolute atomic E-state index is 6.79. The van der Waals surface area contributed by atoms with E-state index in [1.54, 1.807) is 0 Å². The molecule has 0 bridgehead atoms. The van der Waals surface area contributed by atoms with Crippen LogP contribution in [0.2, 0.25) is 0 Å². The highest BCUT2D eigenvalue weighted by Gasteiger charge is 2.22. The molecule has 0 N–H and O–H groups in total. The van der Waals surface area contributed by atoms with Crippen molar-refractivity contribution in [2.75, 3.05) is 0 Å². The first kappa shape index (κ1) is 30.7. The fraction of sp³-hybridized carbons (Fsp3) is 0. The largest absolute Gasteiger partial charge is 0.454 e. The van der Waals surface area contributed by atoms with Crippen molar-refractivity contribution in [3.63, 3.8) is 0 Å². The molecule has 0 aliphatic carbocycles. The molecule has 54 heavy (non-hydrogen) atoms. The van der Waals surface area contributed by atoms with Crippen LogP contribution < -0.4 is 0 Å². The molecule has 4 aromatic heterocycles. The number of benzene rings is 7. The van der Waals surface area contributed by atoms with E-state index in [0.29, 0.717) is 5.82 Å². The smallest absolute Gasteiger partial charge is 0.162 e. The van der Waals surface area contributed by atoms with E-state index in [4.69, 9.17) is 19.4 Å². The number of aromatic nitrogens is 3. The first-order chi connectivity index (χ1) is 26.8. The summed E-state index contributed by atoms with van der Waals surface area (Å²) >= 11 is 1.84. The number of pyridine rings is 1. The van der Waals surface area contributed by atoms with Gasteiger partial charge in [0.25, 0.3) is 0 Å². The topological polar surface area (TPSA) is 51.8 Å². The Morgan fingerprint density at radius 2 is 1.02 bits per heavy atom. The standard InChI is InChI=1S/C49H29N3OS/c1-3-14-30(15-4-1)39-29-40(52-49(51-39)31-16-5-2-6-17-31)32-18-11-19-33(28-32)47-48-46(36-20-7-9-25-41(36)53-48)45-35(22-12-24-38(45)50-47)34-23-13-27-43-44(34)37-21-8-10-26-42(37)54-43/h1-29H. The van der Waals surface area contributed by atoms with Gasteiger partial charge in [0.1, 0.15) is 11.3 Å². The van der Waals surface area contributed by atoms with E-state index in [1.165, 1.54) is 25.7 Å². The van der Waals surface area contributed by atoms with Crippen LogP contribution in [-0.4, -0.2) is 15.0 Å². The van der Waals surface area contributed by atoms with Crippen LogP contribution >= 0.6 is 11.3 Å². The van der Waals surface area contributed by atoms with Gasteiger partial charge in [0, 0.05) is 58.6 Å². The fourth-order valence-corrected chi connectivity index (χ4v) is 8.97. The minimum atomic E-state index is 0.682. The van der Waals surface area contributed by atoms with E-state index in [2.05, 4.69) is 127 Å². The number of hydrogen-bond acceptors (Lipinski definition) is 5. The first-order valence-electron chi connectivity index (χ1n) is 18.0. The number of thiophene rings is 1. The van der Waals surface area contributed by atoms with Crippen molar-refractivity contribution >= 4 is 64.4 Å². The molecular formula is C49H29N3OS. The number of fused-ring (bicyclic) bond motifs is 8. The number of nitrogens with zero attached hydrogens (tertiary/aromatic N) is 3. The van der Waals surface area contributed by atoms with Crippen LogP contribution in [0.3, 0.4) is 0 Å². The average Bonchev–Trinajstić information content (AvgIpc) is 3.83. The Labute approximate surface area is 314 Å². The number of rotatable bonds is 5. The van der Waals surface area contributed by atoms with Crippen molar-refractivity contribution in [1.29, 1.82) is 0 Å². The highest BCUT2D eigenvalue weighted by atomic mass is 32.1. The van der Waals surface area contributed by atoms with Gasteiger partial charge in [-0.05, 0) is 47.5 Å². The van der Waals surface area contributed by atoms with Crippen molar-refractivity contribution in [3.05, 3.63) is 176 Å². The zero-order valence-electron chi connectivity index (χ0n) is 28.9. The highest BCUT2D eigenvalue weighted by molar-refractivity contribution is 7.25. The predicted molar refractivity (Wildman–Crippen MR) is 225 cm³/mol. The molecule has 7 aromatic carbocycles. The molecule has 4 heterocycles. The molecule has 11 rings (SSSR count). The molecular weight excluding hydrogens is 679 g/mol. The number of hydrogen-bond donors (Lipinski definition) is 0. The minimum absolute atomic E-state index is 0.682. The second kappa shape index (κ2) is 12.3. The van der Waals surface area contributed by atoms with Crippen LogP contribution in [0, 0.1) is 0 Å². The Hall–Kier alpha value is -6.95. The van der Waals surface area contributed by atoms with Crippen molar-refractivity contribution in [3.8, 4) is 56.3 Å². The van der Waals surface area contributed by atoms with E-state index in [1.807, 2.05) is 59.9 Å². The third-order valence-electron chi connectivity index (χ3n) is 10.3. The molecule has 5 heteroatoms. The molecule has 4 nitrogen and oxygen atoms in total. The summed E-state index contributed by atoms with van der Waals surface area (Å²) in [6.45, 7) is 0. The molecule has 0 saturated heterocycles. The predicted octanol–water partition coefficient (Wildman–Crippen LogP) is 13.6. The zero-order chi connectivity index (χ0) is 35.6. The van der Waals surface area contributed by atoms with Crippen molar-refractivity contribution in [2.24, 2.45) is 0 Å². The van der Waals surface area contributed by atoms with Gasteiger partial charge >= 0.3 is 0 Å². The second-order valence-corrected chi connectivity index (χ2v) is 14.6. The molecule has 0 unspecified atom stereocenters. The summed E-state index contributed by atoms with van der Waals surface area (Å²) in [4.78, 5) is 15.5. The molecule has 11 aromatic rings. The fourth-order valence-electron chi connectivity index (χ4n) is 7.84. The third kappa shape index (κ3) is 4.94. The van der Waals surface area contributed by atoms with E-state index >= 15 is 0 Å². The van der Waals surface area contributed by atoms with Gasteiger partial charge < -0.3 is 4.42 Å². The van der Waals surface area contributed by atoms with Crippen LogP contribution in [0.25, 0.3) is 109 Å². The lowest BCUT2D eigenvalue weighted by molar-refractivity contribution is 0.669. The monoisotopic (exact) mass is 707 g/mol. The van der Waals surface area contributed by atoms with Gasteiger partial charge in [-0.15, -0.1) is 11.3 Å². The maximum Gasteiger partial charge on any atom is 0.162 e. The van der Waals surface area contributed by atoms with Crippen molar-refractivity contribution in [2.45, 2.75) is 0 Å². The van der Waals surface area contributed by atoms with Crippen molar-refractivity contribution < 1.29 is 4.42 Å². The molecule has 0 spiro atoms. The number of para-hydroxylation sites is 1. The lowest BCUT2D eigenvalue weighted by Gasteiger charge is -2.13. The summed E-state index contributed by atoms with van der Waals surface area (Å²) < 4.78 is 9.35. The summed E-state index contributed by atoms with van der Waals surface area (Å²) in [6, 6.07) is 61.1. The summed E-state index contributed by atoms with van der Waals surface area (Å²) in [5.41, 5.74) is 11.3. The third-order valence-corrected chi connectivity index (χ3v) is 11.4. The normalized spacial score (nSPS) is 11.7. The molecule has 0 amide bonds. The molecule has 0 aliphatic heterocycles. The van der Waals surface area contributed by atoms with Crippen LogP contribution in [0.5, 0.6) is 0 Å². The van der Waals surface area contributed by atoms with E-state index in [0.717, 1.165) is 77.7 Å². The SMILES string of the molecule is c1ccc(-c2cc(-c3cccc(-c4nc5cccc(-c6cccc7sc8ccccc8c67)c5c5c4oc4ccccc45)c3)nc(-c3ccccc3)n2)cc1. The van der Waals surface area contributed by atoms with Gasteiger partial charge in [-0.1, -0.05) is 140 Å². The quantitative estimate of drug-likeness (QED) is 0.179. The summed E-state index contributed by atoms with van der Waals surface area (Å²) in [7, 11) is 0. The highest BCUT2D eigenvalue weighted by Crippen LogP contribution is 2.46. The molecule has 0 saturated carbocycles. The molecule has 0 aliphatic rings. The lowest BCUT2D eigenvalue weighted by atomic mass is 9.93. The van der Waals surface area contributed by atoms with Crippen LogP contribution in [0.1, 0.15) is 0 Å². The Bertz CT molecular complexity index is 3160. The van der Waals surface area contributed by atoms with Gasteiger partial charge in [-0.2, -0.15) is 0 Å². The minimum Gasteiger partial charge on any atom is -0.454 e. The number of furan rings is 1. The Balaban J connectivity index is 1.15. The van der Waals surface area contributed by atoms with Gasteiger partial charge in [0.2, 0.25) is 0 Å². The summed E-state index contributed by atoms with van der Waals surface area (Å²) in [6.07, 6.45) is 0. The van der Waals surface area contributed by atoms with E-state index in [-0.39, 0.29) is 0 Å². The Morgan fingerprint density at radius 3 is 1.85 bits per heavy atom. The van der Waals surface area contributed by atoms with Crippen LogP contribution in [0.4, 0.5) is 0 Å². The van der Waals surface area contributed by atoms with Gasteiger partial charge in [0.05, 0.1) is 16.9 Å². The maximum atomic E-state index is 6.79. The van der Waals surface area contributed by atoms with E-state index < -0.39 is 0 Å². The van der Waals surface area contributed by atoms with Gasteiger partial charge in [0.15, 0.2) is 11.4 Å². The molecule has 0 fully saturated rings. The van der Waals surface area contributed by atoms with Crippen molar-refractivity contribution in [1.82, 2.24) is 15.0 Å². The zero-order valence-corrected chi connectivity index (χ0v) is 29.7. The Kier molecular flexibility index (Phi) is 7.00. The van der Waals surface area contributed by atoms with Gasteiger partial charge in [-0.3, -0.25) is 0 Å². The molecule has 252 valence electrons. The molecule has 0 atom stereocenters. The molecule has 0 radical (unpaired) electrons.